The number of halogens is 3. The Balaban J connectivity index is 3.31. The van der Waals surface area contributed by atoms with E-state index in [-0.39, 0.29) is 11.1 Å². The predicted octanol–water partition coefficient (Wildman–Crippen LogP) is 2.88. The summed E-state index contributed by atoms with van der Waals surface area (Å²) in [5.74, 6) is -1.03. The molecule has 0 saturated heterocycles. The van der Waals surface area contributed by atoms with E-state index >= 15 is 0 Å². The van der Waals surface area contributed by atoms with Crippen molar-refractivity contribution in [1.29, 1.82) is 0 Å². The molecule has 0 atom stereocenters. The maximum Gasteiger partial charge on any atom is 0.266 e. The third kappa shape index (κ3) is 1.88. The molecule has 1 aromatic rings. The van der Waals surface area contributed by atoms with Gasteiger partial charge in [-0.1, -0.05) is 0 Å². The van der Waals surface area contributed by atoms with E-state index in [2.05, 4.69) is 0 Å². The number of alkyl halides is 2. The van der Waals surface area contributed by atoms with Gasteiger partial charge >= 0.3 is 0 Å². The van der Waals surface area contributed by atoms with Gasteiger partial charge in [0.15, 0.2) is 0 Å². The van der Waals surface area contributed by atoms with Crippen molar-refractivity contribution >= 4 is 6.29 Å². The van der Waals surface area contributed by atoms with Crippen LogP contribution in [-0.4, -0.2) is 6.29 Å². The maximum atomic E-state index is 12.9. The van der Waals surface area contributed by atoms with E-state index in [9.17, 15) is 18.0 Å². The standard InChI is InChI=1S/C9H7F3O/c1-5-2-6(4-13)3-7(10)8(5)9(11)12/h2-4,9H,1H3. The lowest BCUT2D eigenvalue weighted by Crippen LogP contribution is -1.97. The highest BCUT2D eigenvalue weighted by Gasteiger charge is 2.16. The largest absolute Gasteiger partial charge is 0.298 e. The van der Waals surface area contributed by atoms with E-state index < -0.39 is 17.8 Å². The highest BCUT2D eigenvalue weighted by atomic mass is 19.3. The Morgan fingerprint density at radius 3 is 2.38 bits per heavy atom. The Hall–Kier alpha value is -1.32. The summed E-state index contributed by atoms with van der Waals surface area (Å²) in [5, 5.41) is 0. The van der Waals surface area contributed by atoms with Crippen molar-refractivity contribution in [3.05, 3.63) is 34.6 Å². The first-order chi connectivity index (χ1) is 6.06. The minimum absolute atomic E-state index is 0.0689. The van der Waals surface area contributed by atoms with Crippen LogP contribution in [0.1, 0.15) is 27.9 Å². The predicted molar refractivity (Wildman–Crippen MR) is 41.5 cm³/mol. The van der Waals surface area contributed by atoms with Gasteiger partial charge in [-0.25, -0.2) is 13.2 Å². The summed E-state index contributed by atoms with van der Waals surface area (Å²) in [4.78, 5) is 10.2. The molecule has 0 saturated carbocycles. The van der Waals surface area contributed by atoms with Gasteiger partial charge in [0.25, 0.3) is 6.43 Å². The number of aldehydes is 1. The third-order valence-corrected chi connectivity index (χ3v) is 1.71. The average Bonchev–Trinajstić information content (AvgIpc) is 2.02. The Labute approximate surface area is 73.2 Å². The van der Waals surface area contributed by atoms with Crippen molar-refractivity contribution in [3.8, 4) is 0 Å². The van der Waals surface area contributed by atoms with Crippen LogP contribution in [-0.2, 0) is 0 Å². The van der Waals surface area contributed by atoms with Gasteiger partial charge in [0.2, 0.25) is 0 Å². The van der Waals surface area contributed by atoms with E-state index in [1.54, 1.807) is 0 Å². The number of benzene rings is 1. The molecule has 0 heterocycles. The lowest BCUT2D eigenvalue weighted by atomic mass is 10.1. The second-order valence-electron chi connectivity index (χ2n) is 2.65. The van der Waals surface area contributed by atoms with Gasteiger partial charge < -0.3 is 0 Å². The van der Waals surface area contributed by atoms with Crippen LogP contribution in [0.2, 0.25) is 0 Å². The minimum atomic E-state index is -2.85. The first-order valence-corrected chi connectivity index (χ1v) is 3.59. The maximum absolute atomic E-state index is 12.9. The molecule has 4 heteroatoms. The van der Waals surface area contributed by atoms with Gasteiger partial charge in [-0.3, -0.25) is 4.79 Å². The highest BCUT2D eigenvalue weighted by molar-refractivity contribution is 5.75. The molecule has 0 N–H and O–H groups in total. The molecule has 0 aliphatic heterocycles. The summed E-state index contributed by atoms with van der Waals surface area (Å²) in [7, 11) is 0. The van der Waals surface area contributed by atoms with Crippen molar-refractivity contribution in [1.82, 2.24) is 0 Å². The van der Waals surface area contributed by atoms with E-state index in [1.807, 2.05) is 0 Å². The Morgan fingerprint density at radius 1 is 1.38 bits per heavy atom. The molecule has 0 aromatic heterocycles. The molecule has 0 aliphatic rings. The molecule has 1 rings (SSSR count). The molecule has 0 unspecified atom stereocenters. The fraction of sp³-hybridized carbons (Fsp3) is 0.222. The summed E-state index contributed by atoms with van der Waals surface area (Å²) >= 11 is 0. The molecular weight excluding hydrogens is 181 g/mol. The topological polar surface area (TPSA) is 17.1 Å². The van der Waals surface area contributed by atoms with Crippen LogP contribution >= 0.6 is 0 Å². The molecular formula is C9H7F3O. The lowest BCUT2D eigenvalue weighted by molar-refractivity contribution is 0.112. The van der Waals surface area contributed by atoms with Gasteiger partial charge in [-0.15, -0.1) is 0 Å². The summed E-state index contributed by atoms with van der Waals surface area (Å²) in [6.45, 7) is 1.34. The number of aryl methyl sites for hydroxylation is 1. The van der Waals surface area contributed by atoms with Crippen LogP contribution < -0.4 is 0 Å². The molecule has 1 nitrogen and oxygen atoms in total. The highest BCUT2D eigenvalue weighted by Crippen LogP contribution is 2.26. The number of hydrogen-bond donors (Lipinski definition) is 0. The van der Waals surface area contributed by atoms with Crippen LogP contribution in [0, 0.1) is 12.7 Å². The molecule has 0 radical (unpaired) electrons. The van der Waals surface area contributed by atoms with Gasteiger partial charge in [0, 0.05) is 5.56 Å². The number of carbonyl (C=O) groups is 1. The zero-order valence-electron chi connectivity index (χ0n) is 6.85. The van der Waals surface area contributed by atoms with E-state index in [0.717, 1.165) is 6.07 Å². The zero-order valence-corrected chi connectivity index (χ0v) is 6.85. The van der Waals surface area contributed by atoms with Crippen LogP contribution in [0.15, 0.2) is 12.1 Å². The van der Waals surface area contributed by atoms with Crippen molar-refractivity contribution in [2.45, 2.75) is 13.3 Å². The van der Waals surface area contributed by atoms with Crippen LogP contribution in [0.3, 0.4) is 0 Å². The molecule has 0 fully saturated rings. The van der Waals surface area contributed by atoms with Crippen LogP contribution in [0.4, 0.5) is 13.2 Å². The smallest absolute Gasteiger partial charge is 0.266 e. The monoisotopic (exact) mass is 188 g/mol. The Kier molecular flexibility index (Phi) is 2.70. The zero-order chi connectivity index (χ0) is 10.0. The Morgan fingerprint density at radius 2 is 2.00 bits per heavy atom. The number of rotatable bonds is 2. The molecule has 0 aliphatic carbocycles. The van der Waals surface area contributed by atoms with Gasteiger partial charge in [0.05, 0.1) is 5.56 Å². The van der Waals surface area contributed by atoms with Gasteiger partial charge in [0.1, 0.15) is 12.1 Å². The summed E-state index contributed by atoms with van der Waals surface area (Å²) in [5.41, 5.74) is -0.470. The molecule has 1 aromatic carbocycles. The SMILES string of the molecule is Cc1cc(C=O)cc(F)c1C(F)F. The summed E-state index contributed by atoms with van der Waals surface area (Å²) in [6, 6.07) is 2.04. The number of hydrogen-bond acceptors (Lipinski definition) is 1. The van der Waals surface area contributed by atoms with Crippen molar-refractivity contribution in [2.75, 3.05) is 0 Å². The van der Waals surface area contributed by atoms with Crippen LogP contribution in [0.5, 0.6) is 0 Å². The second kappa shape index (κ2) is 3.60. The Bertz CT molecular complexity index is 311. The van der Waals surface area contributed by atoms with E-state index in [0.29, 0.717) is 6.29 Å². The first-order valence-electron chi connectivity index (χ1n) is 3.59. The third-order valence-electron chi connectivity index (χ3n) is 1.71. The fourth-order valence-corrected chi connectivity index (χ4v) is 1.13. The molecule has 13 heavy (non-hydrogen) atoms. The first kappa shape index (κ1) is 9.77. The second-order valence-corrected chi connectivity index (χ2v) is 2.65. The molecule has 0 amide bonds. The van der Waals surface area contributed by atoms with E-state index in [1.165, 1.54) is 13.0 Å². The van der Waals surface area contributed by atoms with Gasteiger partial charge in [-0.05, 0) is 24.6 Å². The van der Waals surface area contributed by atoms with E-state index in [4.69, 9.17) is 0 Å². The van der Waals surface area contributed by atoms with Crippen molar-refractivity contribution in [3.63, 3.8) is 0 Å². The molecule has 70 valence electrons. The molecule has 0 spiro atoms. The fourth-order valence-electron chi connectivity index (χ4n) is 1.13. The molecule has 0 bridgehead atoms. The van der Waals surface area contributed by atoms with Crippen molar-refractivity contribution in [2.24, 2.45) is 0 Å². The minimum Gasteiger partial charge on any atom is -0.298 e. The average molecular weight is 188 g/mol. The summed E-state index contributed by atoms with van der Waals surface area (Å²) in [6.07, 6.45) is -2.42. The van der Waals surface area contributed by atoms with Gasteiger partial charge in [-0.2, -0.15) is 0 Å². The number of carbonyl (C=O) groups excluding carboxylic acids is 1. The van der Waals surface area contributed by atoms with Crippen molar-refractivity contribution < 1.29 is 18.0 Å². The quantitative estimate of drug-likeness (QED) is 0.652. The normalized spacial score (nSPS) is 10.5. The lowest BCUT2D eigenvalue weighted by Gasteiger charge is -2.06. The summed E-state index contributed by atoms with van der Waals surface area (Å²) < 4.78 is 37.3. The van der Waals surface area contributed by atoms with Crippen LogP contribution in [0.25, 0.3) is 0 Å².